The second kappa shape index (κ2) is 6.39. The summed E-state index contributed by atoms with van der Waals surface area (Å²) in [4.78, 5) is 2.45. The molecule has 0 saturated carbocycles. The van der Waals surface area contributed by atoms with Crippen LogP contribution >= 0.6 is 0 Å². The first kappa shape index (κ1) is 14.3. The standard InChI is InChI=1S/C17H24N4/c1-13(2)18-12-15-8-5-6-10-21(15)17-16-9-4-3-7-14(16)11-19-20-17/h3-4,7,9,11,13,15,18H,5-6,8,10,12H2,1-2H3. The lowest BCUT2D eigenvalue weighted by molar-refractivity contribution is 0.419. The van der Waals surface area contributed by atoms with Crippen LogP contribution in [0.2, 0.25) is 0 Å². The Morgan fingerprint density at radius 1 is 1.29 bits per heavy atom. The molecular weight excluding hydrogens is 260 g/mol. The Labute approximate surface area is 126 Å². The monoisotopic (exact) mass is 284 g/mol. The molecule has 1 aliphatic heterocycles. The molecular formula is C17H24N4. The number of fused-ring (bicyclic) bond motifs is 1. The molecule has 112 valence electrons. The second-order valence-electron chi connectivity index (χ2n) is 6.16. The molecule has 2 heterocycles. The SMILES string of the molecule is CC(C)NCC1CCCCN1c1nncc2ccccc12. The number of benzene rings is 1. The minimum Gasteiger partial charge on any atom is -0.350 e. The van der Waals surface area contributed by atoms with Gasteiger partial charge in [-0.1, -0.05) is 38.1 Å². The molecule has 1 aromatic carbocycles. The third kappa shape index (κ3) is 3.16. The van der Waals surface area contributed by atoms with Gasteiger partial charge in [0.2, 0.25) is 0 Å². The van der Waals surface area contributed by atoms with Crippen molar-refractivity contribution in [3.05, 3.63) is 30.5 Å². The van der Waals surface area contributed by atoms with Gasteiger partial charge in [-0.15, -0.1) is 5.10 Å². The van der Waals surface area contributed by atoms with Crippen molar-refractivity contribution < 1.29 is 0 Å². The van der Waals surface area contributed by atoms with E-state index in [1.165, 1.54) is 30.0 Å². The van der Waals surface area contributed by atoms with Crippen molar-refractivity contribution in [1.82, 2.24) is 15.5 Å². The zero-order valence-corrected chi connectivity index (χ0v) is 12.9. The summed E-state index contributed by atoms with van der Waals surface area (Å²) in [5.74, 6) is 1.04. The highest BCUT2D eigenvalue weighted by Crippen LogP contribution is 2.28. The quantitative estimate of drug-likeness (QED) is 0.937. The molecule has 21 heavy (non-hydrogen) atoms. The van der Waals surface area contributed by atoms with Crippen LogP contribution in [0.1, 0.15) is 33.1 Å². The summed E-state index contributed by atoms with van der Waals surface area (Å²) in [6, 6.07) is 9.44. The van der Waals surface area contributed by atoms with Gasteiger partial charge < -0.3 is 10.2 Å². The molecule has 0 spiro atoms. The topological polar surface area (TPSA) is 41.0 Å². The molecule has 3 rings (SSSR count). The highest BCUT2D eigenvalue weighted by Gasteiger charge is 2.25. The Morgan fingerprint density at radius 2 is 2.14 bits per heavy atom. The van der Waals surface area contributed by atoms with Gasteiger partial charge in [0, 0.05) is 35.9 Å². The predicted molar refractivity (Wildman–Crippen MR) is 87.7 cm³/mol. The first-order valence-electron chi connectivity index (χ1n) is 7.96. The normalized spacial score (nSPS) is 19.4. The van der Waals surface area contributed by atoms with E-state index in [0.717, 1.165) is 18.9 Å². The van der Waals surface area contributed by atoms with Gasteiger partial charge in [0.15, 0.2) is 5.82 Å². The molecule has 0 bridgehead atoms. The lowest BCUT2D eigenvalue weighted by atomic mass is 10.0. The molecule has 1 aromatic heterocycles. The highest BCUT2D eigenvalue weighted by molar-refractivity contribution is 5.91. The summed E-state index contributed by atoms with van der Waals surface area (Å²) in [5, 5.41) is 14.6. The Morgan fingerprint density at radius 3 is 3.00 bits per heavy atom. The summed E-state index contributed by atoms with van der Waals surface area (Å²) in [6.45, 7) is 6.49. The number of nitrogens with zero attached hydrogens (tertiary/aromatic N) is 3. The summed E-state index contributed by atoms with van der Waals surface area (Å²) >= 11 is 0. The van der Waals surface area contributed by atoms with Crippen molar-refractivity contribution in [1.29, 1.82) is 0 Å². The number of piperidine rings is 1. The number of hydrogen-bond acceptors (Lipinski definition) is 4. The highest BCUT2D eigenvalue weighted by atomic mass is 15.3. The van der Waals surface area contributed by atoms with Crippen molar-refractivity contribution in [3.63, 3.8) is 0 Å². The van der Waals surface area contributed by atoms with Crippen LogP contribution in [0, 0.1) is 0 Å². The van der Waals surface area contributed by atoms with E-state index in [1.54, 1.807) is 0 Å². The maximum atomic E-state index is 4.46. The van der Waals surface area contributed by atoms with E-state index in [9.17, 15) is 0 Å². The number of nitrogens with one attached hydrogen (secondary N) is 1. The van der Waals surface area contributed by atoms with Crippen LogP contribution in [-0.2, 0) is 0 Å². The molecule has 4 nitrogen and oxygen atoms in total. The summed E-state index contributed by atoms with van der Waals surface area (Å²) in [7, 11) is 0. The summed E-state index contributed by atoms with van der Waals surface area (Å²) in [6.07, 6.45) is 5.62. The molecule has 1 N–H and O–H groups in total. The average molecular weight is 284 g/mol. The lowest BCUT2D eigenvalue weighted by Crippen LogP contribution is -2.47. The van der Waals surface area contributed by atoms with Crippen molar-refractivity contribution in [2.75, 3.05) is 18.0 Å². The van der Waals surface area contributed by atoms with E-state index in [0.29, 0.717) is 12.1 Å². The first-order valence-corrected chi connectivity index (χ1v) is 7.96. The first-order chi connectivity index (χ1) is 10.3. The third-order valence-corrected chi connectivity index (χ3v) is 4.21. The van der Waals surface area contributed by atoms with E-state index >= 15 is 0 Å². The number of rotatable bonds is 4. The van der Waals surface area contributed by atoms with Gasteiger partial charge >= 0.3 is 0 Å². The fraction of sp³-hybridized carbons (Fsp3) is 0.529. The van der Waals surface area contributed by atoms with Crippen LogP contribution in [0.25, 0.3) is 10.8 Å². The minimum atomic E-state index is 0.515. The Bertz CT molecular complexity index is 591. The largest absolute Gasteiger partial charge is 0.350 e. The zero-order valence-electron chi connectivity index (χ0n) is 12.9. The molecule has 0 radical (unpaired) electrons. The maximum Gasteiger partial charge on any atom is 0.159 e. The fourth-order valence-corrected chi connectivity index (χ4v) is 3.09. The summed E-state index contributed by atoms with van der Waals surface area (Å²) < 4.78 is 0. The number of aromatic nitrogens is 2. The summed E-state index contributed by atoms with van der Waals surface area (Å²) in [5.41, 5.74) is 0. The number of hydrogen-bond donors (Lipinski definition) is 1. The Hall–Kier alpha value is -1.68. The Kier molecular flexibility index (Phi) is 4.34. The van der Waals surface area contributed by atoms with Crippen LogP contribution in [-0.4, -0.2) is 35.4 Å². The van der Waals surface area contributed by atoms with E-state index < -0.39 is 0 Å². The molecule has 0 aliphatic carbocycles. The van der Waals surface area contributed by atoms with Gasteiger partial charge in [-0.25, -0.2) is 0 Å². The molecule has 2 aromatic rings. The van der Waals surface area contributed by atoms with Gasteiger partial charge in [0.25, 0.3) is 0 Å². The van der Waals surface area contributed by atoms with Crippen LogP contribution in [0.5, 0.6) is 0 Å². The molecule has 0 amide bonds. The van der Waals surface area contributed by atoms with E-state index in [4.69, 9.17) is 0 Å². The molecule has 1 atom stereocenters. The van der Waals surface area contributed by atoms with E-state index in [-0.39, 0.29) is 0 Å². The van der Waals surface area contributed by atoms with E-state index in [1.807, 2.05) is 6.20 Å². The predicted octanol–water partition coefficient (Wildman–Crippen LogP) is 2.99. The van der Waals surface area contributed by atoms with Gasteiger partial charge in [-0.3, -0.25) is 0 Å². The minimum absolute atomic E-state index is 0.515. The maximum absolute atomic E-state index is 4.46. The van der Waals surface area contributed by atoms with E-state index in [2.05, 4.69) is 58.5 Å². The molecule has 1 fully saturated rings. The van der Waals surface area contributed by atoms with Crippen LogP contribution in [0.3, 0.4) is 0 Å². The van der Waals surface area contributed by atoms with Crippen molar-refractivity contribution >= 4 is 16.6 Å². The van der Waals surface area contributed by atoms with Gasteiger partial charge in [-0.2, -0.15) is 5.10 Å². The fourth-order valence-electron chi connectivity index (χ4n) is 3.09. The smallest absolute Gasteiger partial charge is 0.159 e. The molecule has 1 unspecified atom stereocenters. The lowest BCUT2D eigenvalue weighted by Gasteiger charge is -2.37. The van der Waals surface area contributed by atoms with Gasteiger partial charge in [-0.05, 0) is 19.3 Å². The molecule has 1 aliphatic rings. The van der Waals surface area contributed by atoms with Crippen molar-refractivity contribution in [2.24, 2.45) is 0 Å². The molecule has 4 heteroatoms. The number of anilines is 1. The second-order valence-corrected chi connectivity index (χ2v) is 6.16. The van der Waals surface area contributed by atoms with Crippen LogP contribution in [0.4, 0.5) is 5.82 Å². The Balaban J connectivity index is 1.91. The van der Waals surface area contributed by atoms with Crippen LogP contribution < -0.4 is 10.2 Å². The third-order valence-electron chi connectivity index (χ3n) is 4.21. The zero-order chi connectivity index (χ0) is 14.7. The van der Waals surface area contributed by atoms with Crippen LogP contribution in [0.15, 0.2) is 30.5 Å². The van der Waals surface area contributed by atoms with Gasteiger partial charge in [0.1, 0.15) is 0 Å². The van der Waals surface area contributed by atoms with Crippen molar-refractivity contribution in [2.45, 2.75) is 45.2 Å². The molecule has 1 saturated heterocycles. The van der Waals surface area contributed by atoms with Gasteiger partial charge in [0.05, 0.1) is 6.20 Å². The average Bonchev–Trinajstić information content (AvgIpc) is 2.53. The van der Waals surface area contributed by atoms with Crippen molar-refractivity contribution in [3.8, 4) is 0 Å².